The third kappa shape index (κ3) is 2.25. The van der Waals surface area contributed by atoms with Gasteiger partial charge in [0.05, 0.1) is 0 Å². The van der Waals surface area contributed by atoms with Gasteiger partial charge in [0.25, 0.3) is 5.56 Å². The van der Waals surface area contributed by atoms with Crippen molar-refractivity contribution in [1.29, 1.82) is 5.26 Å². The van der Waals surface area contributed by atoms with Crippen LogP contribution < -0.4 is 5.56 Å². The summed E-state index contributed by atoms with van der Waals surface area (Å²) in [4.78, 5) is 11.7. The molecule has 4 heteroatoms. The average molecular weight is 220 g/mol. The average Bonchev–Trinajstić information content (AvgIpc) is 2.25. The molecule has 16 heavy (non-hydrogen) atoms. The summed E-state index contributed by atoms with van der Waals surface area (Å²) in [6.45, 7) is 4.32. The zero-order chi connectivity index (χ0) is 12.1. The minimum Gasteiger partial charge on any atom is -0.493 e. The molecule has 86 valence electrons. The summed E-state index contributed by atoms with van der Waals surface area (Å²) < 4.78 is 1.25. The fourth-order valence-corrected chi connectivity index (χ4v) is 1.71. The van der Waals surface area contributed by atoms with Gasteiger partial charge in [-0.15, -0.1) is 0 Å². The van der Waals surface area contributed by atoms with Gasteiger partial charge in [-0.1, -0.05) is 20.3 Å². The SMILES string of the molecule is CCCc1cc(=O)n(CCC)c(O)c1C#N. The zero-order valence-corrected chi connectivity index (χ0v) is 9.66. The van der Waals surface area contributed by atoms with Crippen LogP contribution >= 0.6 is 0 Å². The van der Waals surface area contributed by atoms with Crippen LogP contribution in [0, 0.1) is 11.3 Å². The second kappa shape index (κ2) is 5.36. The van der Waals surface area contributed by atoms with Crippen LogP contribution in [0.15, 0.2) is 10.9 Å². The van der Waals surface area contributed by atoms with Crippen LogP contribution in [0.1, 0.15) is 37.8 Å². The predicted molar refractivity (Wildman–Crippen MR) is 61.4 cm³/mol. The number of nitriles is 1. The molecule has 1 aromatic heterocycles. The van der Waals surface area contributed by atoms with Gasteiger partial charge in [-0.3, -0.25) is 9.36 Å². The van der Waals surface area contributed by atoms with Crippen molar-refractivity contribution in [2.75, 3.05) is 0 Å². The van der Waals surface area contributed by atoms with Crippen LogP contribution in [0.4, 0.5) is 0 Å². The van der Waals surface area contributed by atoms with E-state index in [1.165, 1.54) is 10.6 Å². The summed E-state index contributed by atoms with van der Waals surface area (Å²) in [7, 11) is 0. The third-order valence-corrected chi connectivity index (χ3v) is 2.44. The molecule has 0 spiro atoms. The van der Waals surface area contributed by atoms with Gasteiger partial charge in [0.15, 0.2) is 0 Å². The molecule has 4 nitrogen and oxygen atoms in total. The molecule has 0 aliphatic carbocycles. The molecule has 0 bridgehead atoms. The molecule has 0 radical (unpaired) electrons. The Balaban J connectivity index is 3.39. The van der Waals surface area contributed by atoms with Crippen molar-refractivity contribution in [2.45, 2.75) is 39.7 Å². The highest BCUT2D eigenvalue weighted by atomic mass is 16.3. The van der Waals surface area contributed by atoms with E-state index in [-0.39, 0.29) is 17.0 Å². The quantitative estimate of drug-likeness (QED) is 0.841. The van der Waals surface area contributed by atoms with Crippen molar-refractivity contribution >= 4 is 0 Å². The fourth-order valence-electron chi connectivity index (χ4n) is 1.71. The Morgan fingerprint density at radius 1 is 1.44 bits per heavy atom. The van der Waals surface area contributed by atoms with Gasteiger partial charge in [0, 0.05) is 12.6 Å². The Kier molecular flexibility index (Phi) is 4.12. The van der Waals surface area contributed by atoms with Crippen LogP contribution in [-0.2, 0) is 13.0 Å². The van der Waals surface area contributed by atoms with Gasteiger partial charge in [-0.2, -0.15) is 5.26 Å². The first-order valence-corrected chi connectivity index (χ1v) is 5.51. The van der Waals surface area contributed by atoms with Crippen LogP contribution in [0.2, 0.25) is 0 Å². The monoisotopic (exact) mass is 220 g/mol. The Morgan fingerprint density at radius 3 is 2.62 bits per heavy atom. The zero-order valence-electron chi connectivity index (χ0n) is 9.66. The first kappa shape index (κ1) is 12.3. The van der Waals surface area contributed by atoms with E-state index < -0.39 is 0 Å². The molecule has 1 aromatic rings. The molecular formula is C12H16N2O2. The van der Waals surface area contributed by atoms with Crippen molar-refractivity contribution in [3.8, 4) is 11.9 Å². The Labute approximate surface area is 94.8 Å². The number of hydrogen-bond donors (Lipinski definition) is 1. The van der Waals surface area contributed by atoms with Crippen LogP contribution in [0.25, 0.3) is 0 Å². The molecular weight excluding hydrogens is 204 g/mol. The standard InChI is InChI=1S/C12H16N2O2/c1-3-5-9-7-11(15)14(6-4-2)12(16)10(9)8-13/h7,16H,3-6H2,1-2H3. The van der Waals surface area contributed by atoms with Crippen LogP contribution in [-0.4, -0.2) is 9.67 Å². The maximum absolute atomic E-state index is 11.7. The van der Waals surface area contributed by atoms with Gasteiger partial charge in [0.2, 0.25) is 5.88 Å². The summed E-state index contributed by atoms with van der Waals surface area (Å²) in [5, 5.41) is 18.8. The van der Waals surface area contributed by atoms with Gasteiger partial charge in [-0.05, 0) is 18.4 Å². The predicted octanol–water partition coefficient (Wildman–Crippen LogP) is 1.79. The second-order valence-electron chi connectivity index (χ2n) is 3.72. The van der Waals surface area contributed by atoms with Crippen molar-refractivity contribution in [3.05, 3.63) is 27.5 Å². The molecule has 0 saturated carbocycles. The van der Waals surface area contributed by atoms with E-state index in [4.69, 9.17) is 5.26 Å². The lowest BCUT2D eigenvalue weighted by Gasteiger charge is -2.11. The Hall–Kier alpha value is -1.76. The number of hydrogen-bond acceptors (Lipinski definition) is 3. The molecule has 0 fully saturated rings. The van der Waals surface area contributed by atoms with Crippen molar-refractivity contribution in [1.82, 2.24) is 4.57 Å². The molecule has 0 aromatic carbocycles. The van der Waals surface area contributed by atoms with Crippen LogP contribution in [0.3, 0.4) is 0 Å². The molecule has 1 N–H and O–H groups in total. The molecule has 1 heterocycles. The number of aromatic hydroxyl groups is 1. The summed E-state index contributed by atoms with van der Waals surface area (Å²) in [5.41, 5.74) is 0.636. The largest absolute Gasteiger partial charge is 0.493 e. The van der Waals surface area contributed by atoms with Gasteiger partial charge in [-0.25, -0.2) is 0 Å². The van der Waals surface area contributed by atoms with Crippen LogP contribution in [0.5, 0.6) is 5.88 Å². The lowest BCUT2D eigenvalue weighted by molar-refractivity contribution is 0.402. The molecule has 0 unspecified atom stereocenters. The topological polar surface area (TPSA) is 66.0 Å². The molecule has 1 rings (SSSR count). The van der Waals surface area contributed by atoms with E-state index in [1.807, 2.05) is 19.9 Å². The molecule has 0 atom stereocenters. The maximum Gasteiger partial charge on any atom is 0.253 e. The van der Waals surface area contributed by atoms with E-state index in [0.29, 0.717) is 18.5 Å². The van der Waals surface area contributed by atoms with E-state index in [2.05, 4.69) is 0 Å². The van der Waals surface area contributed by atoms with Gasteiger partial charge >= 0.3 is 0 Å². The highest BCUT2D eigenvalue weighted by Gasteiger charge is 2.13. The Morgan fingerprint density at radius 2 is 2.12 bits per heavy atom. The van der Waals surface area contributed by atoms with E-state index >= 15 is 0 Å². The molecule has 0 aliphatic heterocycles. The second-order valence-corrected chi connectivity index (χ2v) is 3.72. The number of rotatable bonds is 4. The van der Waals surface area contributed by atoms with E-state index in [1.54, 1.807) is 0 Å². The third-order valence-electron chi connectivity index (χ3n) is 2.44. The van der Waals surface area contributed by atoms with Crippen molar-refractivity contribution in [2.24, 2.45) is 0 Å². The molecule has 0 aliphatic rings. The van der Waals surface area contributed by atoms with Crippen molar-refractivity contribution < 1.29 is 5.11 Å². The lowest BCUT2D eigenvalue weighted by Crippen LogP contribution is -2.21. The van der Waals surface area contributed by atoms with E-state index in [0.717, 1.165) is 12.8 Å². The maximum atomic E-state index is 11.7. The summed E-state index contributed by atoms with van der Waals surface area (Å²) in [6.07, 6.45) is 2.22. The Bertz CT molecular complexity index is 469. The fraction of sp³-hybridized carbons (Fsp3) is 0.500. The number of pyridine rings is 1. The first-order valence-electron chi connectivity index (χ1n) is 5.51. The van der Waals surface area contributed by atoms with Gasteiger partial charge in [0.1, 0.15) is 11.6 Å². The highest BCUT2D eigenvalue weighted by molar-refractivity contribution is 5.44. The molecule has 0 amide bonds. The molecule has 0 saturated heterocycles. The summed E-state index contributed by atoms with van der Waals surface area (Å²) in [5.74, 6) is -0.194. The first-order chi connectivity index (χ1) is 7.65. The smallest absolute Gasteiger partial charge is 0.253 e. The highest BCUT2D eigenvalue weighted by Crippen LogP contribution is 2.19. The number of aryl methyl sites for hydroxylation is 1. The lowest BCUT2D eigenvalue weighted by atomic mass is 10.1. The minimum atomic E-state index is -0.234. The minimum absolute atomic E-state index is 0.194. The summed E-state index contributed by atoms with van der Waals surface area (Å²) >= 11 is 0. The summed E-state index contributed by atoms with van der Waals surface area (Å²) in [6, 6.07) is 3.42. The van der Waals surface area contributed by atoms with Gasteiger partial charge < -0.3 is 5.11 Å². The number of nitrogens with zero attached hydrogens (tertiary/aromatic N) is 2. The van der Waals surface area contributed by atoms with E-state index in [9.17, 15) is 9.90 Å². The normalized spacial score (nSPS) is 10.1. The number of aromatic nitrogens is 1. The van der Waals surface area contributed by atoms with Crippen molar-refractivity contribution in [3.63, 3.8) is 0 Å².